The number of nitrogens with two attached hydrogens (primary N) is 2. The molecule has 5 heteroatoms. The van der Waals surface area contributed by atoms with Crippen LogP contribution in [0, 0.1) is 0 Å². The zero-order valence-electron chi connectivity index (χ0n) is 4.29. The van der Waals surface area contributed by atoms with Crippen molar-refractivity contribution in [3.63, 3.8) is 0 Å². The Hall–Kier alpha value is -0.650. The number of aliphatic hydroxyl groups excluding tert-OH is 1. The first-order valence-corrected chi connectivity index (χ1v) is 2.08. The number of rotatable bonds is 3. The highest BCUT2D eigenvalue weighted by atomic mass is 16.3. The third kappa shape index (κ3) is 1.87. The normalized spacial score (nSPS) is 13.2. The summed E-state index contributed by atoms with van der Waals surface area (Å²) in [6.45, 7) is -0.369. The third-order valence-electron chi connectivity index (χ3n) is 0.727. The van der Waals surface area contributed by atoms with Gasteiger partial charge in [0.2, 0.25) is 5.91 Å². The molecule has 1 atom stereocenters. The highest BCUT2D eigenvalue weighted by molar-refractivity contribution is 5.79. The molecule has 0 aromatic rings. The van der Waals surface area contributed by atoms with Crippen LogP contribution in [0.15, 0.2) is 0 Å². The molecule has 5 nitrogen and oxygen atoms in total. The van der Waals surface area contributed by atoms with Gasteiger partial charge in [0.05, 0.1) is 6.61 Å². The fraction of sp³-hybridized carbons (Fsp3) is 0.667. The summed E-state index contributed by atoms with van der Waals surface area (Å²) in [5, 5.41) is 8.25. The van der Waals surface area contributed by atoms with Gasteiger partial charge >= 0.3 is 0 Å². The minimum atomic E-state index is -0.824. The second-order valence-electron chi connectivity index (χ2n) is 1.30. The van der Waals surface area contributed by atoms with Crippen molar-refractivity contribution >= 4 is 5.91 Å². The number of amides is 1. The van der Waals surface area contributed by atoms with Crippen molar-refractivity contribution in [2.45, 2.75) is 6.04 Å². The van der Waals surface area contributed by atoms with Gasteiger partial charge in [-0.05, 0) is 0 Å². The summed E-state index contributed by atoms with van der Waals surface area (Å²) in [4.78, 5) is 10.1. The van der Waals surface area contributed by atoms with Crippen molar-refractivity contribution in [1.29, 1.82) is 0 Å². The number of hydrogen-bond acceptors (Lipinski definition) is 4. The number of nitrogens with one attached hydrogen (secondary N) is 1. The van der Waals surface area contributed by atoms with E-state index >= 15 is 0 Å². The first-order chi connectivity index (χ1) is 3.72. The molecule has 1 unspecified atom stereocenters. The summed E-state index contributed by atoms with van der Waals surface area (Å²) in [6, 6.07) is -0.824. The lowest BCUT2D eigenvalue weighted by Gasteiger charge is -2.05. The molecule has 1 amide bonds. The van der Waals surface area contributed by atoms with Crippen LogP contribution in [-0.4, -0.2) is 23.7 Å². The zero-order chi connectivity index (χ0) is 6.57. The Balaban J connectivity index is 3.52. The standard InChI is InChI=1S/C3H9N3O2/c4-3(8)2(1-7)6-5/h2,6-7H,1,5H2,(H2,4,8). The molecule has 48 valence electrons. The van der Waals surface area contributed by atoms with Gasteiger partial charge < -0.3 is 10.8 Å². The van der Waals surface area contributed by atoms with Crippen molar-refractivity contribution in [2.75, 3.05) is 6.61 Å². The highest BCUT2D eigenvalue weighted by Gasteiger charge is 2.09. The Morgan fingerprint density at radius 3 is 2.38 bits per heavy atom. The molecule has 0 aliphatic carbocycles. The van der Waals surface area contributed by atoms with Crippen molar-refractivity contribution < 1.29 is 9.90 Å². The molecule has 0 bridgehead atoms. The molecule has 0 aliphatic rings. The second-order valence-corrected chi connectivity index (χ2v) is 1.30. The predicted molar refractivity (Wildman–Crippen MR) is 27.4 cm³/mol. The van der Waals surface area contributed by atoms with Crippen LogP contribution < -0.4 is 17.0 Å². The topological polar surface area (TPSA) is 101 Å². The lowest BCUT2D eigenvalue weighted by Crippen LogP contribution is -2.47. The lowest BCUT2D eigenvalue weighted by atomic mass is 10.3. The monoisotopic (exact) mass is 119 g/mol. The quantitative estimate of drug-likeness (QED) is 0.240. The molecule has 0 saturated carbocycles. The van der Waals surface area contributed by atoms with Crippen molar-refractivity contribution in [1.82, 2.24) is 5.43 Å². The van der Waals surface area contributed by atoms with Crippen LogP contribution in [0.2, 0.25) is 0 Å². The third-order valence-corrected chi connectivity index (χ3v) is 0.727. The Labute approximate surface area is 46.6 Å². The van der Waals surface area contributed by atoms with E-state index in [0.29, 0.717) is 0 Å². The van der Waals surface area contributed by atoms with Gasteiger partial charge in [-0.1, -0.05) is 0 Å². The van der Waals surface area contributed by atoms with E-state index in [-0.39, 0.29) is 6.61 Å². The van der Waals surface area contributed by atoms with E-state index in [2.05, 4.69) is 0 Å². The Bertz CT molecular complexity index is 80.6. The number of primary amides is 1. The summed E-state index contributed by atoms with van der Waals surface area (Å²) in [5.41, 5.74) is 6.74. The van der Waals surface area contributed by atoms with E-state index in [0.717, 1.165) is 0 Å². The highest BCUT2D eigenvalue weighted by Crippen LogP contribution is 1.72. The number of aliphatic hydroxyl groups is 1. The molecule has 0 rings (SSSR count). The molecule has 8 heavy (non-hydrogen) atoms. The number of carbonyl (C=O) groups is 1. The van der Waals surface area contributed by atoms with E-state index in [4.69, 9.17) is 16.7 Å². The van der Waals surface area contributed by atoms with E-state index in [1.165, 1.54) is 0 Å². The fourth-order valence-electron chi connectivity index (χ4n) is 0.225. The van der Waals surface area contributed by atoms with Crippen LogP contribution in [0.3, 0.4) is 0 Å². The van der Waals surface area contributed by atoms with Crippen LogP contribution in [0.1, 0.15) is 0 Å². The molecule has 6 N–H and O–H groups in total. The number of hydrogen-bond donors (Lipinski definition) is 4. The fourth-order valence-corrected chi connectivity index (χ4v) is 0.225. The molecule has 0 aromatic carbocycles. The Morgan fingerprint density at radius 1 is 1.88 bits per heavy atom. The van der Waals surface area contributed by atoms with Crippen LogP contribution in [-0.2, 0) is 4.79 Å². The molecular weight excluding hydrogens is 110 g/mol. The van der Waals surface area contributed by atoms with Crippen LogP contribution in [0.4, 0.5) is 0 Å². The van der Waals surface area contributed by atoms with Crippen LogP contribution in [0.25, 0.3) is 0 Å². The van der Waals surface area contributed by atoms with Gasteiger partial charge in [-0.3, -0.25) is 10.6 Å². The van der Waals surface area contributed by atoms with Crippen molar-refractivity contribution in [2.24, 2.45) is 11.6 Å². The molecule has 0 radical (unpaired) electrons. The largest absolute Gasteiger partial charge is 0.394 e. The summed E-state index contributed by atoms with van der Waals surface area (Å²) in [7, 11) is 0. The van der Waals surface area contributed by atoms with E-state index < -0.39 is 11.9 Å². The second kappa shape index (κ2) is 3.36. The van der Waals surface area contributed by atoms with E-state index in [9.17, 15) is 4.79 Å². The number of carbonyl (C=O) groups excluding carboxylic acids is 1. The average molecular weight is 119 g/mol. The van der Waals surface area contributed by atoms with Gasteiger partial charge in [0.25, 0.3) is 0 Å². The summed E-state index contributed by atoms with van der Waals surface area (Å²) in [5.74, 6) is 4.12. The smallest absolute Gasteiger partial charge is 0.238 e. The first-order valence-electron chi connectivity index (χ1n) is 2.08. The number of hydrazine groups is 1. The van der Waals surface area contributed by atoms with Gasteiger partial charge in [0, 0.05) is 0 Å². The maximum absolute atomic E-state index is 10.1. The van der Waals surface area contributed by atoms with E-state index in [1.54, 1.807) is 0 Å². The van der Waals surface area contributed by atoms with Gasteiger partial charge in [-0.15, -0.1) is 0 Å². The van der Waals surface area contributed by atoms with Crippen molar-refractivity contribution in [3.05, 3.63) is 0 Å². The Kier molecular flexibility index (Phi) is 3.09. The minimum absolute atomic E-state index is 0.369. The average Bonchev–Trinajstić information content (AvgIpc) is 1.69. The molecule has 0 spiro atoms. The first kappa shape index (κ1) is 7.35. The van der Waals surface area contributed by atoms with Gasteiger partial charge in [0.15, 0.2) is 0 Å². The molecular formula is C3H9N3O2. The van der Waals surface area contributed by atoms with Gasteiger partial charge in [0.1, 0.15) is 6.04 Å². The molecule has 0 aliphatic heterocycles. The molecule has 0 saturated heterocycles. The maximum Gasteiger partial charge on any atom is 0.238 e. The molecule has 0 fully saturated rings. The maximum atomic E-state index is 10.1. The molecule has 0 heterocycles. The summed E-state index contributed by atoms with van der Waals surface area (Å²) in [6.07, 6.45) is 0. The van der Waals surface area contributed by atoms with Crippen molar-refractivity contribution in [3.8, 4) is 0 Å². The van der Waals surface area contributed by atoms with Gasteiger partial charge in [-0.25, -0.2) is 5.43 Å². The van der Waals surface area contributed by atoms with E-state index in [1.807, 2.05) is 5.43 Å². The zero-order valence-corrected chi connectivity index (χ0v) is 4.29. The Morgan fingerprint density at radius 2 is 2.38 bits per heavy atom. The summed E-state index contributed by atoms with van der Waals surface area (Å²) >= 11 is 0. The molecule has 0 aromatic heterocycles. The van der Waals surface area contributed by atoms with Gasteiger partial charge in [-0.2, -0.15) is 0 Å². The van der Waals surface area contributed by atoms with Crippen LogP contribution >= 0.6 is 0 Å². The minimum Gasteiger partial charge on any atom is -0.394 e. The summed E-state index contributed by atoms with van der Waals surface area (Å²) < 4.78 is 0. The SMILES string of the molecule is NNC(CO)C(N)=O. The van der Waals surface area contributed by atoms with Crippen LogP contribution in [0.5, 0.6) is 0 Å². The predicted octanol–water partition coefficient (Wildman–Crippen LogP) is -2.70. The lowest BCUT2D eigenvalue weighted by molar-refractivity contribution is -0.120.